The molecule has 1 aliphatic rings. The molecule has 15 heavy (non-hydrogen) atoms. The van der Waals surface area contributed by atoms with E-state index in [0.717, 1.165) is 18.8 Å². The van der Waals surface area contributed by atoms with Crippen LogP contribution in [0.1, 0.15) is 23.8 Å². The first-order valence-electron chi connectivity index (χ1n) is 5.24. The summed E-state index contributed by atoms with van der Waals surface area (Å²) in [5.41, 5.74) is 1.10. The first-order chi connectivity index (χ1) is 7.34. The SMILES string of the molecule is C1CCOC1.C=CC(Cl)c1ccccc1. The third-order valence-electron chi connectivity index (χ3n) is 2.15. The molecule has 0 spiro atoms. The van der Waals surface area contributed by atoms with Gasteiger partial charge in [0, 0.05) is 13.2 Å². The van der Waals surface area contributed by atoms with Gasteiger partial charge in [-0.25, -0.2) is 0 Å². The second-order valence-electron chi connectivity index (χ2n) is 3.37. The summed E-state index contributed by atoms with van der Waals surface area (Å²) in [6.07, 6.45) is 4.27. The molecule has 0 aromatic heterocycles. The molecule has 0 bridgehead atoms. The third-order valence-corrected chi connectivity index (χ3v) is 2.58. The molecule has 1 nitrogen and oxygen atoms in total. The normalized spacial score (nSPS) is 16.3. The summed E-state index contributed by atoms with van der Waals surface area (Å²) in [5, 5.41) is -0.0544. The molecule has 1 saturated heterocycles. The van der Waals surface area contributed by atoms with Gasteiger partial charge in [-0.2, -0.15) is 0 Å². The molecule has 0 radical (unpaired) electrons. The molecule has 1 unspecified atom stereocenters. The van der Waals surface area contributed by atoms with Crippen molar-refractivity contribution in [3.05, 3.63) is 48.6 Å². The minimum atomic E-state index is -0.0544. The Hall–Kier alpha value is -0.790. The molecule has 1 fully saturated rings. The zero-order valence-electron chi connectivity index (χ0n) is 8.86. The molecule has 1 aliphatic heterocycles. The highest BCUT2D eigenvalue weighted by molar-refractivity contribution is 6.21. The monoisotopic (exact) mass is 224 g/mol. The van der Waals surface area contributed by atoms with E-state index in [1.54, 1.807) is 6.08 Å². The average molecular weight is 225 g/mol. The van der Waals surface area contributed by atoms with Gasteiger partial charge in [-0.15, -0.1) is 18.2 Å². The van der Waals surface area contributed by atoms with Crippen LogP contribution in [0.3, 0.4) is 0 Å². The zero-order valence-corrected chi connectivity index (χ0v) is 9.62. The van der Waals surface area contributed by atoms with Gasteiger partial charge in [-0.3, -0.25) is 0 Å². The van der Waals surface area contributed by atoms with Gasteiger partial charge in [-0.1, -0.05) is 36.4 Å². The lowest BCUT2D eigenvalue weighted by molar-refractivity contribution is 0.198. The molecule has 2 heteroatoms. The van der Waals surface area contributed by atoms with E-state index < -0.39 is 0 Å². The minimum Gasteiger partial charge on any atom is -0.381 e. The Bertz CT molecular complexity index is 260. The smallest absolute Gasteiger partial charge is 0.0763 e. The topological polar surface area (TPSA) is 9.23 Å². The van der Waals surface area contributed by atoms with Crippen molar-refractivity contribution in [3.63, 3.8) is 0 Å². The van der Waals surface area contributed by atoms with E-state index in [4.69, 9.17) is 16.3 Å². The van der Waals surface area contributed by atoms with Gasteiger partial charge >= 0.3 is 0 Å². The van der Waals surface area contributed by atoms with E-state index in [-0.39, 0.29) is 5.38 Å². The number of ether oxygens (including phenoxy) is 1. The molecule has 1 aromatic carbocycles. The van der Waals surface area contributed by atoms with Crippen molar-refractivity contribution in [2.75, 3.05) is 13.2 Å². The molecule has 0 aliphatic carbocycles. The molecule has 0 N–H and O–H groups in total. The number of allylic oxidation sites excluding steroid dienone is 1. The van der Waals surface area contributed by atoms with Crippen LogP contribution in [-0.4, -0.2) is 13.2 Å². The van der Waals surface area contributed by atoms with Crippen molar-refractivity contribution < 1.29 is 4.74 Å². The first-order valence-corrected chi connectivity index (χ1v) is 5.67. The van der Waals surface area contributed by atoms with E-state index >= 15 is 0 Å². The van der Waals surface area contributed by atoms with Crippen LogP contribution in [0.25, 0.3) is 0 Å². The van der Waals surface area contributed by atoms with Crippen molar-refractivity contribution >= 4 is 11.6 Å². The number of benzene rings is 1. The lowest BCUT2D eigenvalue weighted by Crippen LogP contribution is -1.82. The highest BCUT2D eigenvalue weighted by atomic mass is 35.5. The second-order valence-corrected chi connectivity index (χ2v) is 3.84. The summed E-state index contributed by atoms with van der Waals surface area (Å²) in [6, 6.07) is 9.87. The van der Waals surface area contributed by atoms with Gasteiger partial charge in [0.05, 0.1) is 5.38 Å². The fourth-order valence-electron chi connectivity index (χ4n) is 1.28. The van der Waals surface area contributed by atoms with Crippen LogP contribution < -0.4 is 0 Å². The maximum absolute atomic E-state index is 5.87. The van der Waals surface area contributed by atoms with Crippen LogP contribution in [0.2, 0.25) is 0 Å². The van der Waals surface area contributed by atoms with Crippen molar-refractivity contribution in [1.29, 1.82) is 0 Å². The van der Waals surface area contributed by atoms with E-state index in [2.05, 4.69) is 6.58 Å². The van der Waals surface area contributed by atoms with E-state index in [1.165, 1.54) is 12.8 Å². The largest absolute Gasteiger partial charge is 0.381 e. The number of hydrogen-bond acceptors (Lipinski definition) is 1. The Morgan fingerprint density at radius 3 is 2.20 bits per heavy atom. The standard InChI is InChI=1S/C9H9Cl.C4H8O/c1-2-9(10)8-6-4-3-5-7-8;1-2-4-5-3-1/h2-7,9H,1H2;1-4H2. The Labute approximate surface area is 96.7 Å². The molecule has 0 amide bonds. The minimum absolute atomic E-state index is 0.0544. The highest BCUT2D eigenvalue weighted by Gasteiger charge is 1.98. The van der Waals surface area contributed by atoms with Crippen molar-refractivity contribution in [1.82, 2.24) is 0 Å². The average Bonchev–Trinajstić information content (AvgIpc) is 2.88. The summed E-state index contributed by atoms with van der Waals surface area (Å²) >= 11 is 5.87. The van der Waals surface area contributed by atoms with Gasteiger partial charge in [-0.05, 0) is 18.4 Å². The number of alkyl halides is 1. The molecule has 2 rings (SSSR count). The van der Waals surface area contributed by atoms with Gasteiger partial charge in [0.25, 0.3) is 0 Å². The lowest BCUT2D eigenvalue weighted by Gasteiger charge is -2.01. The summed E-state index contributed by atoms with van der Waals surface area (Å²) in [4.78, 5) is 0. The van der Waals surface area contributed by atoms with Crippen LogP contribution in [-0.2, 0) is 4.74 Å². The third kappa shape index (κ3) is 5.01. The molecule has 82 valence electrons. The Morgan fingerprint density at radius 1 is 1.20 bits per heavy atom. The van der Waals surface area contributed by atoms with Crippen molar-refractivity contribution in [2.24, 2.45) is 0 Å². The van der Waals surface area contributed by atoms with Crippen molar-refractivity contribution in [2.45, 2.75) is 18.2 Å². The van der Waals surface area contributed by atoms with Gasteiger partial charge in [0.15, 0.2) is 0 Å². The van der Waals surface area contributed by atoms with Crippen LogP contribution >= 0.6 is 11.6 Å². The summed E-state index contributed by atoms with van der Waals surface area (Å²) in [7, 11) is 0. The summed E-state index contributed by atoms with van der Waals surface area (Å²) in [6.45, 7) is 5.61. The molecular formula is C13H17ClO. The Kier molecular flexibility index (Phi) is 6.14. The highest BCUT2D eigenvalue weighted by Crippen LogP contribution is 2.19. The molecular weight excluding hydrogens is 208 g/mol. The maximum atomic E-state index is 5.87. The van der Waals surface area contributed by atoms with Crippen LogP contribution in [0.4, 0.5) is 0 Å². The fraction of sp³-hybridized carbons (Fsp3) is 0.385. The maximum Gasteiger partial charge on any atom is 0.0763 e. The number of hydrogen-bond donors (Lipinski definition) is 0. The van der Waals surface area contributed by atoms with Gasteiger partial charge in [0.1, 0.15) is 0 Å². The number of rotatable bonds is 2. The lowest BCUT2D eigenvalue weighted by atomic mass is 10.1. The molecule has 0 saturated carbocycles. The van der Waals surface area contributed by atoms with E-state index in [9.17, 15) is 0 Å². The van der Waals surface area contributed by atoms with Crippen molar-refractivity contribution in [3.8, 4) is 0 Å². The first kappa shape index (κ1) is 12.3. The summed E-state index contributed by atoms with van der Waals surface area (Å²) in [5.74, 6) is 0. The van der Waals surface area contributed by atoms with E-state index in [0.29, 0.717) is 0 Å². The predicted octanol–water partition coefficient (Wildman–Crippen LogP) is 3.95. The quantitative estimate of drug-likeness (QED) is 0.546. The predicted molar refractivity (Wildman–Crippen MR) is 65.3 cm³/mol. The van der Waals surface area contributed by atoms with E-state index in [1.807, 2.05) is 30.3 Å². The Morgan fingerprint density at radius 2 is 1.80 bits per heavy atom. The summed E-state index contributed by atoms with van der Waals surface area (Å²) < 4.78 is 4.94. The van der Waals surface area contributed by atoms with Crippen LogP contribution in [0.15, 0.2) is 43.0 Å². The van der Waals surface area contributed by atoms with Gasteiger partial charge in [0.2, 0.25) is 0 Å². The Balaban J connectivity index is 0.000000187. The van der Waals surface area contributed by atoms with Crippen LogP contribution in [0, 0.1) is 0 Å². The number of halogens is 1. The molecule has 1 heterocycles. The zero-order chi connectivity index (χ0) is 10.9. The second kappa shape index (κ2) is 7.49. The fourth-order valence-corrected chi connectivity index (χ4v) is 1.43. The van der Waals surface area contributed by atoms with Gasteiger partial charge < -0.3 is 4.74 Å². The molecule has 1 atom stereocenters. The van der Waals surface area contributed by atoms with Crippen LogP contribution in [0.5, 0.6) is 0 Å². The molecule has 1 aromatic rings.